The highest BCUT2D eigenvalue weighted by molar-refractivity contribution is 7.89. The SMILES string of the molecule is Nc1c(F)ccc(S(=O)(=O)NCc2ccc(Cl)s2)c1F. The summed E-state index contributed by atoms with van der Waals surface area (Å²) in [6, 6.07) is 4.89. The van der Waals surface area contributed by atoms with Crippen LogP contribution in [-0.4, -0.2) is 8.42 Å². The molecule has 0 saturated heterocycles. The van der Waals surface area contributed by atoms with Gasteiger partial charge in [0, 0.05) is 11.4 Å². The van der Waals surface area contributed by atoms with E-state index >= 15 is 0 Å². The van der Waals surface area contributed by atoms with Crippen LogP contribution in [0.4, 0.5) is 14.5 Å². The third-order valence-corrected chi connectivity index (χ3v) is 5.10. The molecule has 2 aromatic rings. The number of nitrogens with two attached hydrogens (primary N) is 1. The zero-order chi connectivity index (χ0) is 14.9. The topological polar surface area (TPSA) is 72.2 Å². The number of nitrogen functional groups attached to an aromatic ring is 1. The van der Waals surface area contributed by atoms with Gasteiger partial charge in [0.15, 0.2) is 5.82 Å². The molecule has 1 heterocycles. The van der Waals surface area contributed by atoms with Gasteiger partial charge in [-0.3, -0.25) is 0 Å². The highest BCUT2D eigenvalue weighted by Crippen LogP contribution is 2.24. The number of rotatable bonds is 4. The Morgan fingerprint density at radius 1 is 1.25 bits per heavy atom. The minimum atomic E-state index is -4.13. The molecule has 0 unspecified atom stereocenters. The normalized spacial score (nSPS) is 11.8. The third-order valence-electron chi connectivity index (χ3n) is 2.45. The minimum Gasteiger partial charge on any atom is -0.394 e. The predicted molar refractivity (Wildman–Crippen MR) is 74.1 cm³/mol. The van der Waals surface area contributed by atoms with Crippen LogP contribution in [0.2, 0.25) is 4.34 Å². The van der Waals surface area contributed by atoms with E-state index in [9.17, 15) is 17.2 Å². The number of halogens is 3. The summed E-state index contributed by atoms with van der Waals surface area (Å²) >= 11 is 6.91. The molecule has 2 rings (SSSR count). The van der Waals surface area contributed by atoms with Crippen LogP contribution < -0.4 is 10.5 Å². The van der Waals surface area contributed by atoms with Crippen LogP contribution in [0.3, 0.4) is 0 Å². The predicted octanol–water partition coefficient (Wildman–Crippen LogP) is 2.74. The van der Waals surface area contributed by atoms with Gasteiger partial charge in [0.25, 0.3) is 0 Å². The van der Waals surface area contributed by atoms with Gasteiger partial charge in [-0.15, -0.1) is 11.3 Å². The second kappa shape index (κ2) is 5.65. The first-order valence-electron chi connectivity index (χ1n) is 5.28. The zero-order valence-electron chi connectivity index (χ0n) is 9.86. The molecule has 0 saturated carbocycles. The molecule has 1 aromatic heterocycles. The van der Waals surface area contributed by atoms with Gasteiger partial charge in [-0.05, 0) is 24.3 Å². The Labute approximate surface area is 123 Å². The van der Waals surface area contributed by atoms with Crippen LogP contribution >= 0.6 is 22.9 Å². The molecule has 0 bridgehead atoms. The standard InChI is InChI=1S/C11H9ClF2N2O2S2/c12-9-4-1-6(19-9)5-16-20(17,18)8-3-2-7(13)11(15)10(8)14/h1-4,16H,5,15H2. The summed E-state index contributed by atoms with van der Waals surface area (Å²) in [6.07, 6.45) is 0. The molecule has 0 aliphatic heterocycles. The van der Waals surface area contributed by atoms with Crippen molar-refractivity contribution in [1.29, 1.82) is 0 Å². The van der Waals surface area contributed by atoms with Crippen molar-refractivity contribution < 1.29 is 17.2 Å². The molecule has 108 valence electrons. The Bertz CT molecular complexity index is 747. The lowest BCUT2D eigenvalue weighted by Crippen LogP contribution is -2.24. The van der Waals surface area contributed by atoms with Crippen molar-refractivity contribution in [2.24, 2.45) is 0 Å². The molecule has 0 aliphatic carbocycles. The first-order valence-corrected chi connectivity index (χ1v) is 7.96. The molecular formula is C11H9ClF2N2O2S2. The lowest BCUT2D eigenvalue weighted by molar-refractivity contribution is 0.548. The summed E-state index contributed by atoms with van der Waals surface area (Å²) in [5, 5.41) is 0. The maximum absolute atomic E-state index is 13.7. The van der Waals surface area contributed by atoms with E-state index in [2.05, 4.69) is 4.72 Å². The van der Waals surface area contributed by atoms with E-state index in [1.165, 1.54) is 11.3 Å². The van der Waals surface area contributed by atoms with E-state index in [0.717, 1.165) is 12.1 Å². The molecule has 20 heavy (non-hydrogen) atoms. The minimum absolute atomic E-state index is 0.0452. The molecule has 0 radical (unpaired) electrons. The van der Waals surface area contributed by atoms with Gasteiger partial charge in [-0.25, -0.2) is 21.9 Å². The number of hydrogen-bond acceptors (Lipinski definition) is 4. The molecule has 0 amide bonds. The van der Waals surface area contributed by atoms with E-state index in [-0.39, 0.29) is 6.54 Å². The molecule has 1 aromatic carbocycles. The maximum atomic E-state index is 13.7. The smallest absolute Gasteiger partial charge is 0.243 e. The second-order valence-corrected chi connectivity index (χ2v) is 7.34. The molecule has 0 spiro atoms. The van der Waals surface area contributed by atoms with Gasteiger partial charge in [-0.1, -0.05) is 11.6 Å². The molecule has 4 nitrogen and oxygen atoms in total. The fourth-order valence-corrected chi connectivity index (χ4v) is 3.66. The second-order valence-electron chi connectivity index (χ2n) is 3.80. The lowest BCUT2D eigenvalue weighted by Gasteiger charge is -2.08. The maximum Gasteiger partial charge on any atom is 0.243 e. The third kappa shape index (κ3) is 3.09. The fourth-order valence-electron chi connectivity index (χ4n) is 1.45. The van der Waals surface area contributed by atoms with Crippen molar-refractivity contribution in [3.05, 3.63) is 45.1 Å². The number of sulfonamides is 1. The Kier molecular flexibility index (Phi) is 4.28. The van der Waals surface area contributed by atoms with Crippen LogP contribution in [0.15, 0.2) is 29.2 Å². The first kappa shape index (κ1) is 15.2. The average molecular weight is 339 g/mol. The largest absolute Gasteiger partial charge is 0.394 e. The van der Waals surface area contributed by atoms with Gasteiger partial charge in [-0.2, -0.15) is 0 Å². The number of anilines is 1. The van der Waals surface area contributed by atoms with Crippen LogP contribution in [-0.2, 0) is 16.6 Å². The summed E-state index contributed by atoms with van der Waals surface area (Å²) in [4.78, 5) is -0.0341. The van der Waals surface area contributed by atoms with Gasteiger partial charge in [0.2, 0.25) is 10.0 Å². The molecule has 9 heteroatoms. The molecule has 0 atom stereocenters. The van der Waals surface area contributed by atoms with Gasteiger partial charge >= 0.3 is 0 Å². The first-order chi connectivity index (χ1) is 9.31. The van der Waals surface area contributed by atoms with Crippen LogP contribution in [0, 0.1) is 11.6 Å². The van der Waals surface area contributed by atoms with Gasteiger partial charge in [0.05, 0.1) is 4.34 Å². The van der Waals surface area contributed by atoms with Crippen molar-refractivity contribution in [2.45, 2.75) is 11.4 Å². The van der Waals surface area contributed by atoms with E-state index in [0.29, 0.717) is 9.21 Å². The molecule has 0 aliphatic rings. The fraction of sp³-hybridized carbons (Fsp3) is 0.0909. The van der Waals surface area contributed by atoms with Crippen LogP contribution in [0.25, 0.3) is 0 Å². The highest BCUT2D eigenvalue weighted by Gasteiger charge is 2.22. The number of thiophene rings is 1. The summed E-state index contributed by atoms with van der Waals surface area (Å²) in [6.45, 7) is -0.0452. The molecular weight excluding hydrogens is 330 g/mol. The van der Waals surface area contributed by atoms with E-state index in [1.54, 1.807) is 12.1 Å². The summed E-state index contributed by atoms with van der Waals surface area (Å²) in [5.74, 6) is -2.31. The van der Waals surface area contributed by atoms with Gasteiger partial charge < -0.3 is 5.73 Å². The van der Waals surface area contributed by atoms with E-state index in [4.69, 9.17) is 17.3 Å². The van der Waals surface area contributed by atoms with Crippen molar-refractivity contribution in [3.63, 3.8) is 0 Å². The number of benzene rings is 1. The Balaban J connectivity index is 2.25. The highest BCUT2D eigenvalue weighted by atomic mass is 35.5. The monoisotopic (exact) mass is 338 g/mol. The Hall–Kier alpha value is -1.22. The van der Waals surface area contributed by atoms with Crippen molar-refractivity contribution >= 4 is 38.6 Å². The zero-order valence-corrected chi connectivity index (χ0v) is 12.2. The Morgan fingerprint density at radius 3 is 2.55 bits per heavy atom. The number of hydrogen-bond donors (Lipinski definition) is 2. The van der Waals surface area contributed by atoms with Crippen LogP contribution in [0.1, 0.15) is 4.88 Å². The van der Waals surface area contributed by atoms with Crippen molar-refractivity contribution in [1.82, 2.24) is 4.72 Å². The van der Waals surface area contributed by atoms with E-state index < -0.39 is 32.2 Å². The lowest BCUT2D eigenvalue weighted by atomic mass is 10.3. The molecule has 3 N–H and O–H groups in total. The van der Waals surface area contributed by atoms with Crippen LogP contribution in [0.5, 0.6) is 0 Å². The van der Waals surface area contributed by atoms with Gasteiger partial charge in [0.1, 0.15) is 16.4 Å². The summed E-state index contributed by atoms with van der Waals surface area (Å²) in [5.41, 5.74) is 4.31. The summed E-state index contributed by atoms with van der Waals surface area (Å²) in [7, 11) is -4.13. The van der Waals surface area contributed by atoms with Crippen molar-refractivity contribution in [2.75, 3.05) is 5.73 Å². The summed E-state index contributed by atoms with van der Waals surface area (Å²) < 4.78 is 53.3. The Morgan fingerprint density at radius 2 is 1.95 bits per heavy atom. The number of nitrogens with one attached hydrogen (secondary N) is 1. The van der Waals surface area contributed by atoms with Crippen molar-refractivity contribution in [3.8, 4) is 0 Å². The quantitative estimate of drug-likeness (QED) is 0.842. The molecule has 0 fully saturated rings. The van der Waals surface area contributed by atoms with E-state index in [1.807, 2.05) is 0 Å². The average Bonchev–Trinajstić information content (AvgIpc) is 2.79.